The van der Waals surface area contributed by atoms with E-state index in [0.29, 0.717) is 21.9 Å². The molecule has 0 saturated heterocycles. The lowest BCUT2D eigenvalue weighted by atomic mass is 10.1. The first-order valence-electron chi connectivity index (χ1n) is 7.50. The Labute approximate surface area is 149 Å². The van der Waals surface area contributed by atoms with E-state index in [0.717, 1.165) is 5.56 Å². The largest absolute Gasteiger partial charge is 0.344 e. The average Bonchev–Trinajstić information content (AvgIpc) is 2.63. The van der Waals surface area contributed by atoms with Gasteiger partial charge in [-0.25, -0.2) is 4.79 Å². The number of benzene rings is 2. The van der Waals surface area contributed by atoms with Crippen molar-refractivity contribution in [3.63, 3.8) is 0 Å². The van der Waals surface area contributed by atoms with E-state index in [1.165, 1.54) is 0 Å². The topological polar surface area (TPSA) is 90.9 Å². The Balaban J connectivity index is 2.13. The van der Waals surface area contributed by atoms with Crippen LogP contribution in [0.1, 0.15) is 15.9 Å². The molecule has 0 bridgehead atoms. The monoisotopic (exact) mass is 360 g/mol. The second-order valence-electron chi connectivity index (χ2n) is 5.17. The third kappa shape index (κ3) is 5.02. The molecule has 0 atom stereocenters. The summed E-state index contributed by atoms with van der Waals surface area (Å²) in [6.07, 6.45) is 0. The molecule has 0 unspecified atom stereocenters. The van der Waals surface area contributed by atoms with E-state index in [1.54, 1.807) is 42.5 Å². The standard InChI is InChI=1S/C17H17ClN4O3/c1-12-7-8-14(19-17(24)22(21-25)10-9-18)11-15(12)20-16(23)13-5-3-2-4-6-13/h2-8,11H,9-10H2,1H3,(H,19,24)(H,20,23). The Bertz CT molecular complexity index is 768. The fourth-order valence-electron chi connectivity index (χ4n) is 2.07. The van der Waals surface area contributed by atoms with Gasteiger partial charge in [0.15, 0.2) is 0 Å². The smallest absolute Gasteiger partial charge is 0.322 e. The number of amides is 3. The van der Waals surface area contributed by atoms with Crippen LogP contribution in [0.4, 0.5) is 16.2 Å². The van der Waals surface area contributed by atoms with Gasteiger partial charge in [-0.2, -0.15) is 5.01 Å². The SMILES string of the molecule is Cc1ccc(NC(=O)N(CCCl)N=O)cc1NC(=O)c1ccccc1. The summed E-state index contributed by atoms with van der Waals surface area (Å²) in [4.78, 5) is 34.9. The number of anilines is 2. The van der Waals surface area contributed by atoms with Crippen LogP contribution in [0.25, 0.3) is 0 Å². The second kappa shape index (κ2) is 8.79. The van der Waals surface area contributed by atoms with Gasteiger partial charge in [0.05, 0.1) is 11.8 Å². The quantitative estimate of drug-likeness (QED) is 0.463. The highest BCUT2D eigenvalue weighted by Crippen LogP contribution is 2.21. The number of alkyl halides is 1. The van der Waals surface area contributed by atoms with Crippen LogP contribution in [0.5, 0.6) is 0 Å². The van der Waals surface area contributed by atoms with Gasteiger partial charge in [0, 0.05) is 22.8 Å². The number of carbonyl (C=O) groups is 2. The van der Waals surface area contributed by atoms with E-state index in [9.17, 15) is 14.5 Å². The van der Waals surface area contributed by atoms with Gasteiger partial charge in [0.2, 0.25) is 0 Å². The van der Waals surface area contributed by atoms with E-state index >= 15 is 0 Å². The summed E-state index contributed by atoms with van der Waals surface area (Å²) in [5.74, 6) is -0.170. The van der Waals surface area contributed by atoms with E-state index < -0.39 is 6.03 Å². The molecule has 0 radical (unpaired) electrons. The maximum atomic E-state index is 12.3. The van der Waals surface area contributed by atoms with Crippen molar-refractivity contribution < 1.29 is 9.59 Å². The molecule has 0 aliphatic heterocycles. The minimum absolute atomic E-state index is 0.000348. The molecule has 3 amide bonds. The molecule has 25 heavy (non-hydrogen) atoms. The number of halogens is 1. The fraction of sp³-hybridized carbons (Fsp3) is 0.176. The van der Waals surface area contributed by atoms with Crippen molar-refractivity contribution in [2.75, 3.05) is 23.1 Å². The summed E-state index contributed by atoms with van der Waals surface area (Å²) in [5, 5.41) is 8.65. The van der Waals surface area contributed by atoms with Crippen LogP contribution in [0, 0.1) is 11.8 Å². The van der Waals surface area contributed by atoms with Crippen molar-refractivity contribution in [2.45, 2.75) is 6.92 Å². The summed E-state index contributed by atoms with van der Waals surface area (Å²) < 4.78 is 0. The fourth-order valence-corrected chi connectivity index (χ4v) is 2.23. The van der Waals surface area contributed by atoms with Gasteiger partial charge in [-0.15, -0.1) is 16.5 Å². The predicted molar refractivity (Wildman–Crippen MR) is 97.8 cm³/mol. The summed E-state index contributed by atoms with van der Waals surface area (Å²) in [6.45, 7) is 1.83. The van der Waals surface area contributed by atoms with E-state index in [2.05, 4.69) is 15.9 Å². The Hall–Kier alpha value is -2.93. The maximum absolute atomic E-state index is 12.3. The minimum atomic E-state index is -0.695. The van der Waals surface area contributed by atoms with Gasteiger partial charge in [-0.05, 0) is 36.8 Å². The Morgan fingerprint density at radius 3 is 2.48 bits per heavy atom. The third-order valence-corrected chi connectivity index (χ3v) is 3.57. The van der Waals surface area contributed by atoms with E-state index in [4.69, 9.17) is 11.6 Å². The number of hydrogen-bond donors (Lipinski definition) is 2. The van der Waals surface area contributed by atoms with Crippen molar-refractivity contribution >= 4 is 34.9 Å². The molecule has 2 aromatic rings. The van der Waals surface area contributed by atoms with Gasteiger partial charge in [0.25, 0.3) is 5.91 Å². The number of nitrogens with one attached hydrogen (secondary N) is 2. The molecule has 2 aromatic carbocycles. The Kier molecular flexibility index (Phi) is 6.47. The van der Waals surface area contributed by atoms with Crippen LogP contribution < -0.4 is 10.6 Å². The number of rotatable bonds is 6. The molecule has 0 aliphatic carbocycles. The summed E-state index contributed by atoms with van der Waals surface area (Å²) >= 11 is 5.52. The average molecular weight is 361 g/mol. The Morgan fingerprint density at radius 1 is 1.12 bits per heavy atom. The summed E-state index contributed by atoms with van der Waals surface area (Å²) in [7, 11) is 0. The molecule has 7 nitrogen and oxygen atoms in total. The minimum Gasteiger partial charge on any atom is -0.322 e. The zero-order chi connectivity index (χ0) is 18.2. The molecule has 0 aliphatic rings. The molecule has 2 rings (SSSR count). The lowest BCUT2D eigenvalue weighted by Gasteiger charge is -2.15. The van der Waals surface area contributed by atoms with Crippen LogP contribution >= 0.6 is 11.6 Å². The van der Waals surface area contributed by atoms with Crippen LogP contribution in [0.2, 0.25) is 0 Å². The second-order valence-corrected chi connectivity index (χ2v) is 5.55. The Morgan fingerprint density at radius 2 is 1.84 bits per heavy atom. The van der Waals surface area contributed by atoms with Gasteiger partial charge in [-0.3, -0.25) is 4.79 Å². The first-order valence-corrected chi connectivity index (χ1v) is 8.03. The molecule has 130 valence electrons. The molecule has 0 saturated carbocycles. The van der Waals surface area contributed by atoms with Crippen molar-refractivity contribution in [3.05, 3.63) is 64.6 Å². The van der Waals surface area contributed by atoms with Crippen molar-refractivity contribution in [2.24, 2.45) is 5.29 Å². The molecular weight excluding hydrogens is 344 g/mol. The zero-order valence-electron chi connectivity index (χ0n) is 13.5. The number of urea groups is 1. The third-order valence-electron chi connectivity index (χ3n) is 3.40. The number of carbonyl (C=O) groups excluding carboxylic acids is 2. The number of aryl methyl sites for hydroxylation is 1. The molecule has 8 heteroatoms. The van der Waals surface area contributed by atoms with Crippen LogP contribution in [0.3, 0.4) is 0 Å². The highest BCUT2D eigenvalue weighted by molar-refractivity contribution is 6.18. The molecule has 0 heterocycles. The van der Waals surface area contributed by atoms with Gasteiger partial charge in [0.1, 0.15) is 0 Å². The van der Waals surface area contributed by atoms with Gasteiger partial charge in [-0.1, -0.05) is 24.3 Å². The number of nitrogens with zero attached hydrogens (tertiary/aromatic N) is 2. The van der Waals surface area contributed by atoms with Crippen molar-refractivity contribution in [1.29, 1.82) is 0 Å². The molecule has 0 spiro atoms. The number of hydrogen-bond acceptors (Lipinski definition) is 4. The zero-order valence-corrected chi connectivity index (χ0v) is 14.3. The summed E-state index contributed by atoms with van der Waals surface area (Å²) in [5.41, 5.74) is 2.32. The van der Waals surface area contributed by atoms with Crippen molar-refractivity contribution in [3.8, 4) is 0 Å². The highest BCUT2D eigenvalue weighted by Gasteiger charge is 2.14. The van der Waals surface area contributed by atoms with E-state index in [-0.39, 0.29) is 18.3 Å². The lowest BCUT2D eigenvalue weighted by Crippen LogP contribution is -2.31. The maximum Gasteiger partial charge on any atom is 0.344 e. The van der Waals surface area contributed by atoms with Crippen molar-refractivity contribution in [1.82, 2.24) is 5.01 Å². The van der Waals surface area contributed by atoms with Crippen LogP contribution in [-0.4, -0.2) is 29.4 Å². The lowest BCUT2D eigenvalue weighted by molar-refractivity contribution is 0.102. The first-order chi connectivity index (χ1) is 12.0. The van der Waals surface area contributed by atoms with Gasteiger partial charge < -0.3 is 10.6 Å². The first kappa shape index (κ1) is 18.4. The highest BCUT2D eigenvalue weighted by atomic mass is 35.5. The number of nitroso groups, excluding NO2 is 1. The summed E-state index contributed by atoms with van der Waals surface area (Å²) in [6, 6.07) is 13.1. The van der Waals surface area contributed by atoms with Crippen LogP contribution in [-0.2, 0) is 0 Å². The van der Waals surface area contributed by atoms with Crippen LogP contribution in [0.15, 0.2) is 53.8 Å². The van der Waals surface area contributed by atoms with Gasteiger partial charge >= 0.3 is 6.03 Å². The molecule has 0 fully saturated rings. The predicted octanol–water partition coefficient (Wildman–Crippen LogP) is 4.00. The molecule has 2 N–H and O–H groups in total. The molecular formula is C17H17ClN4O3. The molecule has 0 aromatic heterocycles. The normalized spacial score (nSPS) is 10.0. The van der Waals surface area contributed by atoms with E-state index in [1.807, 2.05) is 13.0 Å².